The van der Waals surface area contributed by atoms with Gasteiger partial charge >= 0.3 is 5.97 Å². The van der Waals surface area contributed by atoms with Gasteiger partial charge in [0.05, 0.1) is 0 Å². The van der Waals surface area contributed by atoms with Crippen molar-refractivity contribution in [1.29, 1.82) is 0 Å². The van der Waals surface area contributed by atoms with Crippen molar-refractivity contribution in [3.05, 3.63) is 12.2 Å². The fraction of sp³-hybridized carbons (Fsp3) is 0.286. The first-order valence-electron chi connectivity index (χ1n) is 3.56. The Balaban J connectivity index is 2.87. The average Bonchev–Trinajstić information content (AvgIpc) is 2.36. The summed E-state index contributed by atoms with van der Waals surface area (Å²) in [5.74, 6) is -2.56. The molecule has 3 N–H and O–H groups in total. The molecule has 1 aliphatic heterocycles. The lowest BCUT2D eigenvalue weighted by Crippen LogP contribution is -2.49. The molecular weight excluding hydrogens is 176 g/mol. The van der Waals surface area contributed by atoms with Crippen LogP contribution in [0.5, 0.6) is 0 Å². The molecule has 0 unspecified atom stereocenters. The smallest absolute Gasteiger partial charge is 0.328 e. The number of carboxylic acids is 1. The molecule has 0 aromatic rings. The zero-order chi connectivity index (χ0) is 10.0. The van der Waals surface area contributed by atoms with Crippen LogP contribution < -0.4 is 5.73 Å². The van der Waals surface area contributed by atoms with Gasteiger partial charge in [-0.25, -0.2) is 4.79 Å². The lowest BCUT2D eigenvalue weighted by Gasteiger charge is -2.20. The van der Waals surface area contributed by atoms with Gasteiger partial charge in [-0.3, -0.25) is 14.5 Å². The highest BCUT2D eigenvalue weighted by molar-refractivity contribution is 6.14. The number of nitrogens with two attached hydrogens (primary N) is 1. The first-order chi connectivity index (χ1) is 6.07. The number of aliphatic carboxylic acids is 1. The molecule has 2 amide bonds. The SMILES string of the molecule is NC[C@@H](C(=O)O)N1C(=O)C=CC1=O. The first-order valence-corrected chi connectivity index (χ1v) is 3.56. The van der Waals surface area contributed by atoms with Gasteiger partial charge in [-0.1, -0.05) is 0 Å². The normalized spacial score (nSPS) is 18.1. The van der Waals surface area contributed by atoms with E-state index < -0.39 is 23.8 Å². The highest BCUT2D eigenvalue weighted by atomic mass is 16.4. The third-order valence-corrected chi connectivity index (χ3v) is 1.66. The minimum atomic E-state index is -1.28. The summed E-state index contributed by atoms with van der Waals surface area (Å²) in [5.41, 5.74) is 5.12. The summed E-state index contributed by atoms with van der Waals surface area (Å²) in [7, 11) is 0. The van der Waals surface area contributed by atoms with Crippen molar-refractivity contribution in [1.82, 2.24) is 4.90 Å². The van der Waals surface area contributed by atoms with E-state index in [1.165, 1.54) is 0 Å². The molecule has 0 bridgehead atoms. The van der Waals surface area contributed by atoms with Gasteiger partial charge in [0.15, 0.2) is 0 Å². The van der Waals surface area contributed by atoms with Crippen LogP contribution >= 0.6 is 0 Å². The third-order valence-electron chi connectivity index (χ3n) is 1.66. The molecule has 0 saturated carbocycles. The fourth-order valence-electron chi connectivity index (χ4n) is 1.04. The quantitative estimate of drug-likeness (QED) is 0.510. The summed E-state index contributed by atoms with van der Waals surface area (Å²) in [4.78, 5) is 33.2. The van der Waals surface area contributed by atoms with E-state index >= 15 is 0 Å². The Labute approximate surface area is 73.6 Å². The molecule has 1 aliphatic rings. The molecule has 1 heterocycles. The second kappa shape index (κ2) is 3.36. The van der Waals surface area contributed by atoms with Gasteiger partial charge in [0.25, 0.3) is 11.8 Å². The van der Waals surface area contributed by atoms with Gasteiger partial charge in [-0.15, -0.1) is 0 Å². The van der Waals surface area contributed by atoms with Crippen molar-refractivity contribution in [2.45, 2.75) is 6.04 Å². The second-order valence-electron chi connectivity index (χ2n) is 2.47. The van der Waals surface area contributed by atoms with Crippen LogP contribution in [-0.4, -0.2) is 40.4 Å². The Morgan fingerprint density at radius 3 is 2.23 bits per heavy atom. The lowest BCUT2D eigenvalue weighted by molar-refractivity contribution is -0.152. The topological polar surface area (TPSA) is 101 Å². The summed E-state index contributed by atoms with van der Waals surface area (Å²) in [6.07, 6.45) is 2.04. The van der Waals surface area contributed by atoms with E-state index in [0.717, 1.165) is 12.2 Å². The van der Waals surface area contributed by atoms with Gasteiger partial charge in [0.1, 0.15) is 6.04 Å². The van der Waals surface area contributed by atoms with Gasteiger partial charge in [-0.2, -0.15) is 0 Å². The van der Waals surface area contributed by atoms with Crippen LogP contribution in [0.2, 0.25) is 0 Å². The number of hydrogen-bond donors (Lipinski definition) is 2. The summed E-state index contributed by atoms with van der Waals surface area (Å²) in [5, 5.41) is 8.62. The van der Waals surface area contributed by atoms with Crippen molar-refractivity contribution < 1.29 is 19.5 Å². The molecule has 0 aromatic heterocycles. The Hall–Kier alpha value is -1.69. The van der Waals surface area contributed by atoms with E-state index in [9.17, 15) is 14.4 Å². The van der Waals surface area contributed by atoms with E-state index in [1.807, 2.05) is 0 Å². The van der Waals surface area contributed by atoms with Crippen LogP contribution in [0.4, 0.5) is 0 Å². The highest BCUT2D eigenvalue weighted by Gasteiger charge is 2.34. The average molecular weight is 184 g/mol. The fourth-order valence-corrected chi connectivity index (χ4v) is 1.04. The van der Waals surface area contributed by atoms with Crippen molar-refractivity contribution in [2.24, 2.45) is 5.73 Å². The summed E-state index contributed by atoms with van der Waals surface area (Å²) >= 11 is 0. The predicted molar refractivity (Wildman–Crippen MR) is 41.5 cm³/mol. The van der Waals surface area contributed by atoms with Crippen molar-refractivity contribution >= 4 is 17.8 Å². The molecular formula is C7H8N2O4. The minimum Gasteiger partial charge on any atom is -0.480 e. The number of carboxylic acid groups (broad SMARTS) is 1. The van der Waals surface area contributed by atoms with Crippen molar-refractivity contribution in [2.75, 3.05) is 6.54 Å². The van der Waals surface area contributed by atoms with Gasteiger partial charge < -0.3 is 10.8 Å². The van der Waals surface area contributed by atoms with Crippen LogP contribution in [0.25, 0.3) is 0 Å². The zero-order valence-electron chi connectivity index (χ0n) is 6.64. The first kappa shape index (κ1) is 9.40. The zero-order valence-corrected chi connectivity index (χ0v) is 6.64. The summed E-state index contributed by atoms with van der Waals surface area (Å²) < 4.78 is 0. The van der Waals surface area contributed by atoms with Gasteiger partial charge in [-0.05, 0) is 0 Å². The molecule has 1 rings (SSSR count). The molecule has 0 aromatic carbocycles. The number of amides is 2. The Kier molecular flexibility index (Phi) is 2.43. The maximum atomic E-state index is 11.0. The van der Waals surface area contributed by atoms with E-state index in [-0.39, 0.29) is 6.54 Å². The number of rotatable bonds is 3. The molecule has 70 valence electrons. The Morgan fingerprint density at radius 1 is 1.46 bits per heavy atom. The Morgan fingerprint density at radius 2 is 1.92 bits per heavy atom. The van der Waals surface area contributed by atoms with Gasteiger partial charge in [0.2, 0.25) is 0 Å². The maximum absolute atomic E-state index is 11.0. The van der Waals surface area contributed by atoms with E-state index in [4.69, 9.17) is 10.8 Å². The largest absolute Gasteiger partial charge is 0.480 e. The number of carbonyl (C=O) groups excluding carboxylic acids is 2. The number of imide groups is 1. The van der Waals surface area contributed by atoms with E-state index in [2.05, 4.69) is 0 Å². The van der Waals surface area contributed by atoms with Crippen LogP contribution in [0.15, 0.2) is 12.2 Å². The van der Waals surface area contributed by atoms with Crippen LogP contribution in [-0.2, 0) is 14.4 Å². The molecule has 13 heavy (non-hydrogen) atoms. The molecule has 1 atom stereocenters. The summed E-state index contributed by atoms with van der Waals surface area (Å²) in [6, 6.07) is -1.27. The standard InChI is InChI=1S/C7H8N2O4/c8-3-4(7(12)13)9-5(10)1-2-6(9)11/h1-2,4H,3,8H2,(H,12,13)/t4-/m0/s1. The summed E-state index contributed by atoms with van der Waals surface area (Å²) in [6.45, 7) is -0.283. The van der Waals surface area contributed by atoms with Crippen LogP contribution in [0.3, 0.4) is 0 Å². The van der Waals surface area contributed by atoms with Crippen molar-refractivity contribution in [3.8, 4) is 0 Å². The molecule has 6 nitrogen and oxygen atoms in total. The molecule has 0 aliphatic carbocycles. The highest BCUT2D eigenvalue weighted by Crippen LogP contribution is 2.08. The number of nitrogens with zero attached hydrogens (tertiary/aromatic N) is 1. The van der Waals surface area contributed by atoms with E-state index in [0.29, 0.717) is 4.90 Å². The van der Waals surface area contributed by atoms with Crippen LogP contribution in [0.1, 0.15) is 0 Å². The minimum absolute atomic E-state index is 0.283. The predicted octanol–water partition coefficient (Wildman–Crippen LogP) is -1.68. The second-order valence-corrected chi connectivity index (χ2v) is 2.47. The molecule has 6 heteroatoms. The van der Waals surface area contributed by atoms with Gasteiger partial charge in [0, 0.05) is 18.7 Å². The molecule has 0 spiro atoms. The number of carbonyl (C=O) groups is 3. The van der Waals surface area contributed by atoms with Crippen molar-refractivity contribution in [3.63, 3.8) is 0 Å². The Bertz CT molecular complexity index is 279. The monoisotopic (exact) mass is 184 g/mol. The molecule has 0 radical (unpaired) electrons. The molecule has 0 fully saturated rings. The number of hydrogen-bond acceptors (Lipinski definition) is 4. The van der Waals surface area contributed by atoms with E-state index in [1.54, 1.807) is 0 Å². The maximum Gasteiger partial charge on any atom is 0.328 e. The van der Waals surface area contributed by atoms with Crippen LogP contribution in [0, 0.1) is 0 Å². The molecule has 0 saturated heterocycles. The third kappa shape index (κ3) is 1.57. The lowest BCUT2D eigenvalue weighted by atomic mass is 10.2.